The summed E-state index contributed by atoms with van der Waals surface area (Å²) in [6, 6.07) is 0. The fourth-order valence-corrected chi connectivity index (χ4v) is 11.1. The SMILES string of the molecule is CC[C@H](CC[C@@H](C)[C@H]1[C@@H](O)[C@H](O)[C@H]2[C@]1(C)CC[C@H]1[C@@]2(O)C[C@@H](O)C2=C[C@@H](O[C@H]3OC[C@@H](O)[C@@H](O)[C@H]3OC)CC[C@@]21C)[C@H](C)CO. The van der Waals surface area contributed by atoms with Crippen molar-refractivity contribution in [2.75, 3.05) is 20.3 Å². The number of rotatable bonds is 10. The molecule has 0 unspecified atom stereocenters. The van der Waals surface area contributed by atoms with Gasteiger partial charge < -0.3 is 50.0 Å². The highest BCUT2D eigenvalue weighted by Crippen LogP contribution is 2.69. The van der Waals surface area contributed by atoms with Crippen LogP contribution in [0.2, 0.25) is 0 Å². The van der Waals surface area contributed by atoms with E-state index in [0.29, 0.717) is 18.8 Å². The number of ether oxygens (including phenoxy) is 3. The zero-order chi connectivity index (χ0) is 33.1. The Morgan fingerprint density at radius 1 is 1.00 bits per heavy atom. The van der Waals surface area contributed by atoms with Gasteiger partial charge >= 0.3 is 0 Å². The molecule has 1 heterocycles. The summed E-state index contributed by atoms with van der Waals surface area (Å²) in [5, 5.41) is 77.7. The third-order valence-corrected chi connectivity index (χ3v) is 13.5. The van der Waals surface area contributed by atoms with Gasteiger partial charge in [-0.25, -0.2) is 0 Å². The molecule has 1 aliphatic heterocycles. The summed E-state index contributed by atoms with van der Waals surface area (Å²) in [5.41, 5.74) is -1.55. The van der Waals surface area contributed by atoms with Gasteiger partial charge in [0.15, 0.2) is 6.29 Å². The van der Waals surface area contributed by atoms with Crippen LogP contribution in [0.4, 0.5) is 0 Å². The summed E-state index contributed by atoms with van der Waals surface area (Å²) < 4.78 is 17.3. The standard InChI is InChI=1S/C35H60O10/c1-7-20(19(3)16-36)9-8-18(2)26-28(40)29(41)31-34(26,5)13-11-25-33(4)12-10-21(14-22(33)23(37)15-35(25,31)42)45-32-30(43-6)27(39)24(38)17-44-32/h14,18-21,23-32,36-42H,7-13,15-17H2,1-6H3/t18-,19-,20-,21+,23-,24-,25-,26+,27-,28-,29+,30-,31+,32-,33+,34-,35+/m1/s1. The molecule has 3 saturated carbocycles. The van der Waals surface area contributed by atoms with Crippen molar-refractivity contribution < 1.29 is 50.0 Å². The van der Waals surface area contributed by atoms with Crippen molar-refractivity contribution >= 4 is 0 Å². The maximum absolute atomic E-state index is 12.7. The van der Waals surface area contributed by atoms with Crippen LogP contribution in [0.5, 0.6) is 0 Å². The van der Waals surface area contributed by atoms with E-state index in [1.165, 1.54) is 7.11 Å². The van der Waals surface area contributed by atoms with Crippen molar-refractivity contribution in [3.63, 3.8) is 0 Å². The predicted molar refractivity (Wildman–Crippen MR) is 167 cm³/mol. The van der Waals surface area contributed by atoms with E-state index in [4.69, 9.17) is 14.2 Å². The third-order valence-electron chi connectivity index (χ3n) is 13.5. The maximum atomic E-state index is 12.7. The Morgan fingerprint density at radius 2 is 1.71 bits per heavy atom. The molecule has 260 valence electrons. The summed E-state index contributed by atoms with van der Waals surface area (Å²) in [6.45, 7) is 10.7. The van der Waals surface area contributed by atoms with Crippen LogP contribution in [0.25, 0.3) is 0 Å². The van der Waals surface area contributed by atoms with Crippen LogP contribution in [-0.4, -0.2) is 111 Å². The van der Waals surface area contributed by atoms with Crippen molar-refractivity contribution in [1.29, 1.82) is 0 Å². The zero-order valence-corrected chi connectivity index (χ0v) is 28.1. The third kappa shape index (κ3) is 5.87. The summed E-state index contributed by atoms with van der Waals surface area (Å²) in [5.74, 6) is -0.243. The zero-order valence-electron chi connectivity index (χ0n) is 28.1. The van der Waals surface area contributed by atoms with Crippen LogP contribution in [0.15, 0.2) is 11.6 Å². The Kier molecular flexibility index (Phi) is 10.6. The fourth-order valence-electron chi connectivity index (χ4n) is 11.1. The highest BCUT2D eigenvalue weighted by Gasteiger charge is 2.72. The molecule has 4 aliphatic carbocycles. The van der Waals surface area contributed by atoms with Crippen molar-refractivity contribution in [3.8, 4) is 0 Å². The van der Waals surface area contributed by atoms with Gasteiger partial charge in [-0.15, -0.1) is 0 Å². The average molecular weight is 641 g/mol. The first-order valence-corrected chi connectivity index (χ1v) is 17.4. The van der Waals surface area contributed by atoms with E-state index in [1.54, 1.807) is 0 Å². The molecular formula is C35H60O10. The maximum Gasteiger partial charge on any atom is 0.187 e. The summed E-state index contributed by atoms with van der Waals surface area (Å²) in [4.78, 5) is 0. The van der Waals surface area contributed by atoms with Crippen molar-refractivity contribution in [2.24, 2.45) is 46.3 Å². The molecule has 17 atom stereocenters. The van der Waals surface area contributed by atoms with Gasteiger partial charge in [-0.05, 0) is 78.1 Å². The largest absolute Gasteiger partial charge is 0.396 e. The lowest BCUT2D eigenvalue weighted by Gasteiger charge is -2.64. The monoisotopic (exact) mass is 640 g/mol. The molecule has 5 rings (SSSR count). The van der Waals surface area contributed by atoms with Gasteiger partial charge in [0.2, 0.25) is 0 Å². The lowest BCUT2D eigenvalue weighted by Crippen LogP contribution is -2.66. The topological polar surface area (TPSA) is 169 Å². The van der Waals surface area contributed by atoms with Crippen molar-refractivity contribution in [1.82, 2.24) is 0 Å². The molecular weight excluding hydrogens is 580 g/mol. The Balaban J connectivity index is 1.36. The number of fused-ring (bicyclic) bond motifs is 5. The van der Waals surface area contributed by atoms with E-state index in [9.17, 15) is 35.7 Å². The quantitative estimate of drug-likeness (QED) is 0.176. The molecule has 1 saturated heterocycles. The van der Waals surface area contributed by atoms with Gasteiger partial charge in [0.25, 0.3) is 0 Å². The van der Waals surface area contributed by atoms with E-state index in [2.05, 4.69) is 34.6 Å². The van der Waals surface area contributed by atoms with Crippen LogP contribution in [0, 0.1) is 46.3 Å². The number of aliphatic hydroxyl groups is 7. The Bertz CT molecular complexity index is 1060. The minimum Gasteiger partial charge on any atom is -0.396 e. The average Bonchev–Trinajstić information content (AvgIpc) is 3.20. The van der Waals surface area contributed by atoms with Crippen LogP contribution < -0.4 is 0 Å². The molecule has 4 fully saturated rings. The van der Waals surface area contributed by atoms with Gasteiger partial charge in [0.1, 0.15) is 18.3 Å². The number of hydrogen-bond donors (Lipinski definition) is 7. The summed E-state index contributed by atoms with van der Waals surface area (Å²) >= 11 is 0. The molecule has 45 heavy (non-hydrogen) atoms. The van der Waals surface area contributed by atoms with Crippen molar-refractivity contribution in [3.05, 3.63) is 11.6 Å². The molecule has 5 aliphatic rings. The Hall–Kier alpha value is -0.660. The van der Waals surface area contributed by atoms with E-state index in [1.807, 2.05) is 6.08 Å². The molecule has 0 radical (unpaired) electrons. The second kappa shape index (κ2) is 13.3. The summed E-state index contributed by atoms with van der Waals surface area (Å²) in [7, 11) is 1.43. The molecule has 10 nitrogen and oxygen atoms in total. The second-order valence-corrected chi connectivity index (χ2v) is 15.9. The van der Waals surface area contributed by atoms with Crippen LogP contribution in [-0.2, 0) is 14.2 Å². The van der Waals surface area contributed by atoms with E-state index < -0.39 is 71.4 Å². The predicted octanol–water partition coefficient (Wildman–Crippen LogP) is 2.14. The van der Waals surface area contributed by atoms with E-state index in [0.717, 1.165) is 37.7 Å². The van der Waals surface area contributed by atoms with E-state index in [-0.39, 0.29) is 43.3 Å². The highest BCUT2D eigenvalue weighted by molar-refractivity contribution is 5.33. The molecule has 10 heteroatoms. The minimum absolute atomic E-state index is 0.0701. The van der Waals surface area contributed by atoms with Gasteiger partial charge in [-0.2, -0.15) is 0 Å². The van der Waals surface area contributed by atoms with Crippen molar-refractivity contribution in [2.45, 2.75) is 141 Å². The molecule has 0 aromatic rings. The van der Waals surface area contributed by atoms with Crippen LogP contribution in [0.3, 0.4) is 0 Å². The molecule has 0 aromatic heterocycles. The lowest BCUT2D eigenvalue weighted by atomic mass is 9.43. The second-order valence-electron chi connectivity index (χ2n) is 15.9. The lowest BCUT2D eigenvalue weighted by molar-refractivity contribution is -0.285. The van der Waals surface area contributed by atoms with Gasteiger partial charge in [0, 0.05) is 26.1 Å². The van der Waals surface area contributed by atoms with Crippen LogP contribution in [0.1, 0.15) is 86.0 Å². The van der Waals surface area contributed by atoms with E-state index >= 15 is 0 Å². The number of methoxy groups -OCH3 is 1. The smallest absolute Gasteiger partial charge is 0.187 e. The number of aliphatic hydroxyl groups excluding tert-OH is 6. The fraction of sp³-hybridized carbons (Fsp3) is 0.943. The first-order chi connectivity index (χ1) is 21.2. The number of hydrogen-bond acceptors (Lipinski definition) is 10. The highest BCUT2D eigenvalue weighted by atomic mass is 16.7. The normalized spacial score (nSPS) is 50.2. The minimum atomic E-state index is -1.35. The molecule has 0 aromatic carbocycles. The molecule has 0 amide bonds. The van der Waals surface area contributed by atoms with Gasteiger partial charge in [-0.3, -0.25) is 0 Å². The first kappa shape index (κ1) is 35.6. The molecule has 7 N–H and O–H groups in total. The Morgan fingerprint density at radius 3 is 2.36 bits per heavy atom. The van der Waals surface area contributed by atoms with Gasteiger partial charge in [0.05, 0.1) is 36.6 Å². The Labute approximate surface area is 268 Å². The first-order valence-electron chi connectivity index (χ1n) is 17.4. The van der Waals surface area contributed by atoms with Gasteiger partial charge in [-0.1, -0.05) is 53.5 Å². The molecule has 0 spiro atoms. The summed E-state index contributed by atoms with van der Waals surface area (Å²) in [6.07, 6.45) is 0.218. The van der Waals surface area contributed by atoms with Crippen LogP contribution >= 0.6 is 0 Å². The molecule has 0 bridgehead atoms.